The van der Waals surface area contributed by atoms with Crippen molar-refractivity contribution >= 4 is 49.1 Å². The number of nitrogen functional groups attached to an aromatic ring is 1. The van der Waals surface area contributed by atoms with Crippen LogP contribution in [0.15, 0.2) is 39.3 Å². The molecule has 0 atom stereocenters. The van der Waals surface area contributed by atoms with Gasteiger partial charge in [0, 0.05) is 8.95 Å². The number of carbonyl (C=O) groups excluding carboxylic acids is 1. The van der Waals surface area contributed by atoms with Crippen molar-refractivity contribution in [3.63, 3.8) is 0 Å². The molecule has 4 nitrogen and oxygen atoms in total. The Morgan fingerprint density at radius 1 is 1.25 bits per heavy atom. The lowest BCUT2D eigenvalue weighted by atomic mass is 10.1. The second kappa shape index (κ2) is 5.85. The van der Waals surface area contributed by atoms with Crippen LogP contribution in [0.2, 0.25) is 0 Å². The van der Waals surface area contributed by atoms with Gasteiger partial charge in [-0.05, 0) is 52.7 Å². The first-order valence-electron chi connectivity index (χ1n) is 5.74. The third-order valence-corrected chi connectivity index (χ3v) is 3.81. The topological polar surface area (TPSA) is 75.4 Å². The van der Waals surface area contributed by atoms with Crippen LogP contribution in [0.4, 0.5) is 11.4 Å². The van der Waals surface area contributed by atoms with Crippen LogP contribution in [0, 0.1) is 6.92 Å². The van der Waals surface area contributed by atoms with Crippen molar-refractivity contribution in [2.24, 2.45) is 0 Å². The Hall–Kier alpha value is -1.53. The molecule has 0 bridgehead atoms. The van der Waals surface area contributed by atoms with E-state index in [1.807, 2.05) is 6.92 Å². The molecule has 0 heterocycles. The molecule has 0 aromatic heterocycles. The third kappa shape index (κ3) is 3.13. The number of aryl methyl sites for hydroxylation is 1. The molecule has 0 unspecified atom stereocenters. The first kappa shape index (κ1) is 14.9. The van der Waals surface area contributed by atoms with E-state index in [0.29, 0.717) is 15.8 Å². The molecule has 0 aliphatic heterocycles. The van der Waals surface area contributed by atoms with Gasteiger partial charge in [-0.2, -0.15) is 0 Å². The van der Waals surface area contributed by atoms with Gasteiger partial charge in [-0.15, -0.1) is 0 Å². The van der Waals surface area contributed by atoms with E-state index in [0.717, 1.165) is 10.0 Å². The molecule has 0 radical (unpaired) electrons. The summed E-state index contributed by atoms with van der Waals surface area (Å²) in [6.45, 7) is 1.84. The van der Waals surface area contributed by atoms with Crippen LogP contribution in [-0.2, 0) is 0 Å². The predicted molar refractivity (Wildman–Crippen MR) is 87.1 cm³/mol. The molecular formula is C14H12Br2N2O2. The van der Waals surface area contributed by atoms with Crippen LogP contribution in [0.25, 0.3) is 0 Å². The summed E-state index contributed by atoms with van der Waals surface area (Å²) in [7, 11) is 0. The Morgan fingerprint density at radius 2 is 1.95 bits per heavy atom. The molecular weight excluding hydrogens is 388 g/mol. The van der Waals surface area contributed by atoms with Crippen molar-refractivity contribution in [3.8, 4) is 5.75 Å². The Labute approximate surface area is 133 Å². The van der Waals surface area contributed by atoms with Gasteiger partial charge in [0.1, 0.15) is 5.75 Å². The molecule has 6 heteroatoms. The molecule has 4 N–H and O–H groups in total. The summed E-state index contributed by atoms with van der Waals surface area (Å²) in [4.78, 5) is 12.2. The Morgan fingerprint density at radius 3 is 2.55 bits per heavy atom. The maximum atomic E-state index is 12.2. The second-order valence-electron chi connectivity index (χ2n) is 4.33. The molecule has 0 spiro atoms. The maximum Gasteiger partial charge on any atom is 0.259 e. The highest BCUT2D eigenvalue weighted by Gasteiger charge is 2.14. The molecule has 0 fully saturated rings. The summed E-state index contributed by atoms with van der Waals surface area (Å²) >= 11 is 6.66. The lowest BCUT2D eigenvalue weighted by Crippen LogP contribution is -2.14. The fourth-order valence-electron chi connectivity index (χ4n) is 1.74. The van der Waals surface area contributed by atoms with Gasteiger partial charge in [-0.1, -0.05) is 22.0 Å². The fraction of sp³-hybridized carbons (Fsp3) is 0.0714. The summed E-state index contributed by atoms with van der Waals surface area (Å²) in [5.74, 6) is -0.480. The number of carbonyl (C=O) groups is 1. The number of halogens is 2. The number of benzene rings is 2. The van der Waals surface area contributed by atoms with Crippen LogP contribution in [0.3, 0.4) is 0 Å². The number of hydrogen-bond donors (Lipinski definition) is 3. The van der Waals surface area contributed by atoms with Crippen molar-refractivity contribution in [1.29, 1.82) is 0 Å². The third-order valence-electron chi connectivity index (χ3n) is 2.72. The molecule has 0 saturated heterocycles. The van der Waals surface area contributed by atoms with Crippen LogP contribution < -0.4 is 11.1 Å². The molecule has 104 valence electrons. The lowest BCUT2D eigenvalue weighted by molar-refractivity contribution is 0.102. The van der Waals surface area contributed by atoms with E-state index in [1.54, 1.807) is 24.3 Å². The number of hydrogen-bond acceptors (Lipinski definition) is 3. The van der Waals surface area contributed by atoms with Gasteiger partial charge in [-0.25, -0.2) is 0 Å². The highest BCUT2D eigenvalue weighted by atomic mass is 79.9. The van der Waals surface area contributed by atoms with Crippen LogP contribution >= 0.6 is 31.9 Å². The summed E-state index contributed by atoms with van der Waals surface area (Å²) in [6, 6.07) is 8.34. The molecule has 0 aliphatic rings. The van der Waals surface area contributed by atoms with Crippen molar-refractivity contribution in [3.05, 3.63) is 50.4 Å². The fourth-order valence-corrected chi connectivity index (χ4v) is 3.10. The number of rotatable bonds is 2. The minimum absolute atomic E-state index is 0.0608. The van der Waals surface area contributed by atoms with Crippen LogP contribution in [0.1, 0.15) is 15.9 Å². The van der Waals surface area contributed by atoms with Crippen LogP contribution in [-0.4, -0.2) is 11.0 Å². The molecule has 2 aromatic carbocycles. The number of phenols is 1. The Bertz CT molecular complexity index is 664. The Kier molecular flexibility index (Phi) is 4.35. The first-order valence-corrected chi connectivity index (χ1v) is 7.32. The average Bonchev–Trinajstić information content (AvgIpc) is 2.33. The SMILES string of the molecule is Cc1ccc(C(=O)Nc2c(N)cc(Br)cc2Br)c(O)c1. The summed E-state index contributed by atoms with van der Waals surface area (Å²) < 4.78 is 1.46. The first-order chi connectivity index (χ1) is 9.38. The van der Waals surface area contributed by atoms with E-state index >= 15 is 0 Å². The van der Waals surface area contributed by atoms with E-state index in [-0.39, 0.29) is 11.3 Å². The van der Waals surface area contributed by atoms with Crippen molar-refractivity contribution in [2.75, 3.05) is 11.1 Å². The molecule has 1 amide bonds. The van der Waals surface area contributed by atoms with Gasteiger partial charge in [0.05, 0.1) is 16.9 Å². The number of aromatic hydroxyl groups is 1. The zero-order valence-corrected chi connectivity index (χ0v) is 13.7. The van der Waals surface area contributed by atoms with Gasteiger partial charge in [0.15, 0.2) is 0 Å². The maximum absolute atomic E-state index is 12.2. The predicted octanol–water partition coefficient (Wildman–Crippen LogP) is 4.06. The number of amides is 1. The normalized spacial score (nSPS) is 10.3. The van der Waals surface area contributed by atoms with Crippen molar-refractivity contribution in [1.82, 2.24) is 0 Å². The molecule has 2 rings (SSSR count). The zero-order valence-electron chi connectivity index (χ0n) is 10.6. The highest BCUT2D eigenvalue weighted by molar-refractivity contribution is 9.11. The lowest BCUT2D eigenvalue weighted by Gasteiger charge is -2.12. The number of nitrogens with two attached hydrogens (primary N) is 1. The highest BCUT2D eigenvalue weighted by Crippen LogP contribution is 2.33. The van der Waals surface area contributed by atoms with Crippen molar-refractivity contribution in [2.45, 2.75) is 6.92 Å². The van der Waals surface area contributed by atoms with Gasteiger partial charge in [0.2, 0.25) is 0 Å². The monoisotopic (exact) mass is 398 g/mol. The largest absolute Gasteiger partial charge is 0.507 e. The van der Waals surface area contributed by atoms with Gasteiger partial charge in [-0.3, -0.25) is 4.79 Å². The molecule has 20 heavy (non-hydrogen) atoms. The minimum atomic E-state index is -0.419. The van der Waals surface area contributed by atoms with E-state index in [4.69, 9.17) is 5.73 Å². The zero-order chi connectivity index (χ0) is 14.9. The summed E-state index contributed by atoms with van der Waals surface area (Å²) in [5.41, 5.74) is 7.84. The number of anilines is 2. The number of phenolic OH excluding ortho intramolecular Hbond substituents is 1. The van der Waals surface area contributed by atoms with Gasteiger partial charge < -0.3 is 16.2 Å². The molecule has 0 saturated carbocycles. The minimum Gasteiger partial charge on any atom is -0.507 e. The standard InChI is InChI=1S/C14H12Br2N2O2/c1-7-2-3-9(12(19)4-7)14(20)18-13-10(16)5-8(15)6-11(13)17/h2-6,19H,17H2,1H3,(H,18,20). The van der Waals surface area contributed by atoms with Gasteiger partial charge >= 0.3 is 0 Å². The van der Waals surface area contributed by atoms with E-state index in [1.165, 1.54) is 6.07 Å². The summed E-state index contributed by atoms with van der Waals surface area (Å²) in [5, 5.41) is 12.5. The smallest absolute Gasteiger partial charge is 0.259 e. The number of nitrogens with one attached hydrogen (secondary N) is 1. The van der Waals surface area contributed by atoms with E-state index < -0.39 is 5.91 Å². The van der Waals surface area contributed by atoms with Crippen LogP contribution in [0.5, 0.6) is 5.75 Å². The summed E-state index contributed by atoms with van der Waals surface area (Å²) in [6.07, 6.45) is 0. The second-order valence-corrected chi connectivity index (χ2v) is 6.10. The molecule has 2 aromatic rings. The molecule has 0 aliphatic carbocycles. The quantitative estimate of drug-likeness (QED) is 0.666. The Balaban J connectivity index is 2.33. The van der Waals surface area contributed by atoms with Gasteiger partial charge in [0.25, 0.3) is 5.91 Å². The average molecular weight is 400 g/mol. The van der Waals surface area contributed by atoms with E-state index in [9.17, 15) is 9.90 Å². The van der Waals surface area contributed by atoms with Crippen molar-refractivity contribution < 1.29 is 9.90 Å². The van der Waals surface area contributed by atoms with E-state index in [2.05, 4.69) is 37.2 Å².